The van der Waals surface area contributed by atoms with Gasteiger partial charge in [-0.2, -0.15) is 26.3 Å². The van der Waals surface area contributed by atoms with E-state index in [9.17, 15) is 41.0 Å². The van der Waals surface area contributed by atoms with E-state index in [0.29, 0.717) is 29.0 Å². The SMILES string of the molecule is COC(=S)Cl.COC(=S)OC1=C(c2c(Br)cc(C)cc2Br)C(=O)OC12CCC(C(F)(F)F)CC2.Cc1cc(Br)c(C2=C(O)C3(CCC(C(F)(F)F)CC3)OC2=O)c(Br)c1. The highest BCUT2D eigenvalue weighted by Crippen LogP contribution is 2.53. The van der Waals surface area contributed by atoms with Gasteiger partial charge in [0, 0.05) is 41.2 Å². The fourth-order valence-electron chi connectivity index (χ4n) is 7.27. The molecule has 21 heteroatoms. The lowest BCUT2D eigenvalue weighted by molar-refractivity contribution is -0.195. The van der Waals surface area contributed by atoms with Gasteiger partial charge in [0.15, 0.2) is 22.7 Å². The molecule has 2 aromatic rings. The Morgan fingerprint density at radius 2 is 1.05 bits per heavy atom. The van der Waals surface area contributed by atoms with Crippen molar-refractivity contribution in [1.82, 2.24) is 0 Å². The van der Waals surface area contributed by atoms with Crippen molar-refractivity contribution < 1.29 is 64.7 Å². The Bertz CT molecular complexity index is 2010. The molecule has 0 bridgehead atoms. The molecule has 2 fully saturated rings. The van der Waals surface area contributed by atoms with Crippen LogP contribution in [0, 0.1) is 25.7 Å². The lowest BCUT2D eigenvalue weighted by Gasteiger charge is -2.37. The Morgan fingerprint density at radius 1 is 0.712 bits per heavy atom. The number of carbonyl (C=O) groups is 2. The number of aliphatic hydroxyl groups excluding tert-OH is 1. The molecule has 2 heterocycles. The molecule has 0 amide bonds. The van der Waals surface area contributed by atoms with Crippen LogP contribution < -0.4 is 0 Å². The molecule has 1 N–H and O–H groups in total. The van der Waals surface area contributed by atoms with Crippen molar-refractivity contribution in [1.29, 1.82) is 0 Å². The van der Waals surface area contributed by atoms with Gasteiger partial charge in [-0.1, -0.05) is 63.7 Å². The van der Waals surface area contributed by atoms with Gasteiger partial charge >= 0.3 is 29.5 Å². The molecular formula is C38H35Br4ClF6O8S2. The Labute approximate surface area is 385 Å². The van der Waals surface area contributed by atoms with E-state index in [-0.39, 0.29) is 83.8 Å². The van der Waals surface area contributed by atoms with Crippen LogP contribution in [0.3, 0.4) is 0 Å². The minimum atomic E-state index is -4.29. The monoisotopic (exact) mass is 1150 g/mol. The van der Waals surface area contributed by atoms with Crippen LogP contribution in [0.5, 0.6) is 0 Å². The van der Waals surface area contributed by atoms with Gasteiger partial charge < -0.3 is 28.8 Å². The van der Waals surface area contributed by atoms with E-state index >= 15 is 0 Å². The van der Waals surface area contributed by atoms with Gasteiger partial charge in [0.2, 0.25) is 0 Å². The quantitative estimate of drug-likeness (QED) is 0.138. The van der Waals surface area contributed by atoms with Crippen LogP contribution in [0.1, 0.15) is 73.6 Å². The first-order valence-corrected chi connectivity index (χ1v) is 21.9. The molecule has 4 aliphatic rings. The van der Waals surface area contributed by atoms with Gasteiger partial charge in [0.05, 0.1) is 26.1 Å². The fourth-order valence-corrected chi connectivity index (χ4v) is 11.0. The van der Waals surface area contributed by atoms with E-state index in [4.69, 9.17) is 42.8 Å². The Morgan fingerprint density at radius 3 is 1.41 bits per heavy atom. The average Bonchev–Trinajstić information content (AvgIpc) is 3.50. The summed E-state index contributed by atoms with van der Waals surface area (Å²) in [6.45, 7) is 3.76. The molecule has 0 aromatic heterocycles. The molecule has 0 saturated heterocycles. The zero-order valence-corrected chi connectivity index (χ0v) is 40.1. The van der Waals surface area contributed by atoms with Crippen LogP contribution in [-0.2, 0) is 33.3 Å². The molecular weight excluding hydrogens is 1120 g/mol. The minimum absolute atomic E-state index is 0.00390. The number of hydrogen-bond acceptors (Lipinski definition) is 10. The van der Waals surface area contributed by atoms with Crippen molar-refractivity contribution >= 4 is 133 Å². The maximum atomic E-state index is 13.1. The molecule has 2 spiro atoms. The van der Waals surface area contributed by atoms with Crippen LogP contribution in [0.4, 0.5) is 26.3 Å². The lowest BCUT2D eigenvalue weighted by Crippen LogP contribution is -2.41. The maximum absolute atomic E-state index is 13.1. The first kappa shape index (κ1) is 49.7. The molecule has 0 unspecified atom stereocenters. The topological polar surface area (TPSA) is 101 Å². The van der Waals surface area contributed by atoms with Crippen molar-refractivity contribution in [2.75, 3.05) is 14.2 Å². The number of esters is 2. The molecule has 0 atom stereocenters. The van der Waals surface area contributed by atoms with Crippen molar-refractivity contribution in [2.24, 2.45) is 11.8 Å². The molecule has 2 saturated carbocycles. The predicted octanol–water partition coefficient (Wildman–Crippen LogP) is 13.2. The summed E-state index contributed by atoms with van der Waals surface area (Å²) in [5, 5.41) is 10.5. The van der Waals surface area contributed by atoms with Crippen LogP contribution in [0.15, 0.2) is 53.7 Å². The van der Waals surface area contributed by atoms with Gasteiger partial charge in [-0.25, -0.2) is 9.59 Å². The standard InChI is InChI=1S/C19H17Br2F3O4S.C17H15Br2F3O3.C2H3ClOS/c1-9-7-11(20)13(12(21)8-9)14-15(27-17(29)26-2)18(28-16(14)25)5-3-10(4-6-18)19(22,23)24;1-8-6-10(18)12(11(19)7-8)13-14(23)16(25-15(13)24)4-2-9(3-5-16)17(20,21)22;1-4-2(3)5/h7-8,10H,3-6H2,1-2H3;6-7,9,23H,2-5H2,1H3;1H3. The normalized spacial score (nSPS) is 24.2. The number of halogens is 11. The highest BCUT2D eigenvalue weighted by atomic mass is 79.9. The Balaban J connectivity index is 0.000000236. The predicted molar refractivity (Wildman–Crippen MR) is 229 cm³/mol. The number of ether oxygens (including phenoxy) is 5. The Kier molecular flexibility index (Phi) is 16.5. The minimum Gasteiger partial charge on any atom is -0.507 e. The fraction of sp³-hybridized carbons (Fsp3) is 0.474. The van der Waals surface area contributed by atoms with Gasteiger partial charge in [-0.15, -0.1) is 0 Å². The number of alkyl halides is 6. The van der Waals surface area contributed by atoms with Crippen LogP contribution in [-0.4, -0.2) is 64.6 Å². The van der Waals surface area contributed by atoms with Crippen molar-refractivity contribution in [3.8, 4) is 0 Å². The zero-order valence-electron chi connectivity index (χ0n) is 31.4. The summed E-state index contributed by atoms with van der Waals surface area (Å²) in [5.74, 6) is -4.43. The highest BCUT2D eigenvalue weighted by Gasteiger charge is 2.57. The summed E-state index contributed by atoms with van der Waals surface area (Å²) in [6.07, 6.45) is -9.38. The third kappa shape index (κ3) is 11.4. The van der Waals surface area contributed by atoms with Gasteiger partial charge in [0.25, 0.3) is 4.51 Å². The molecule has 8 nitrogen and oxygen atoms in total. The number of rotatable bonds is 3. The summed E-state index contributed by atoms with van der Waals surface area (Å²) in [5.41, 5.74) is 0.285. The number of benzene rings is 2. The second-order valence-corrected chi connectivity index (χ2v) is 18.7. The first-order valence-electron chi connectivity index (χ1n) is 17.5. The van der Waals surface area contributed by atoms with Gasteiger partial charge in [-0.3, -0.25) is 0 Å². The van der Waals surface area contributed by atoms with E-state index in [1.165, 1.54) is 14.2 Å². The number of aryl methyl sites for hydroxylation is 2. The molecule has 324 valence electrons. The summed E-state index contributed by atoms with van der Waals surface area (Å²) in [6, 6.07) is 7.22. The van der Waals surface area contributed by atoms with Crippen molar-refractivity contribution in [3.63, 3.8) is 0 Å². The highest BCUT2D eigenvalue weighted by molar-refractivity contribution is 9.11. The third-order valence-corrected chi connectivity index (χ3v) is 13.3. The van der Waals surface area contributed by atoms with E-state index < -0.39 is 47.3 Å². The molecule has 2 aromatic carbocycles. The molecule has 0 radical (unpaired) electrons. The smallest absolute Gasteiger partial charge is 0.391 e. The molecule has 2 aliphatic carbocycles. The van der Waals surface area contributed by atoms with Crippen LogP contribution >= 0.6 is 99.8 Å². The lowest BCUT2D eigenvalue weighted by atomic mass is 9.77. The molecule has 6 rings (SSSR count). The molecule has 2 aliphatic heterocycles. The summed E-state index contributed by atoms with van der Waals surface area (Å²) >= 11 is 27.9. The van der Waals surface area contributed by atoms with Crippen LogP contribution in [0.2, 0.25) is 0 Å². The van der Waals surface area contributed by atoms with Crippen LogP contribution in [0.25, 0.3) is 11.1 Å². The number of aliphatic hydroxyl groups is 1. The maximum Gasteiger partial charge on any atom is 0.391 e. The number of hydrogen-bond donors (Lipinski definition) is 1. The third-order valence-electron chi connectivity index (χ3n) is 10.2. The Hall–Kier alpha value is -1.97. The second-order valence-electron chi connectivity index (χ2n) is 14.0. The second kappa shape index (κ2) is 19.6. The first-order chi connectivity index (χ1) is 27.3. The average molecular weight is 1150 g/mol. The summed E-state index contributed by atoms with van der Waals surface area (Å²) in [7, 11) is 2.74. The largest absolute Gasteiger partial charge is 0.507 e. The molecule has 59 heavy (non-hydrogen) atoms. The van der Waals surface area contributed by atoms with Crippen molar-refractivity contribution in [2.45, 2.75) is 88.8 Å². The van der Waals surface area contributed by atoms with Gasteiger partial charge in [0.1, 0.15) is 11.1 Å². The van der Waals surface area contributed by atoms with Gasteiger partial charge in [-0.05, 0) is 124 Å². The number of methoxy groups -OCH3 is 2. The number of carbonyl (C=O) groups excluding carboxylic acids is 2. The number of thiocarbonyl (C=S) groups is 2. The van der Waals surface area contributed by atoms with E-state index in [2.05, 4.69) is 80.7 Å². The van der Waals surface area contributed by atoms with E-state index in [0.717, 1.165) is 11.1 Å². The van der Waals surface area contributed by atoms with E-state index in [1.807, 2.05) is 26.0 Å². The van der Waals surface area contributed by atoms with Crippen molar-refractivity contribution in [3.05, 3.63) is 75.9 Å². The zero-order chi connectivity index (χ0) is 44.4. The summed E-state index contributed by atoms with van der Waals surface area (Å²) < 4.78 is 106. The summed E-state index contributed by atoms with van der Waals surface area (Å²) in [4.78, 5) is 25.3. The van der Waals surface area contributed by atoms with E-state index in [1.54, 1.807) is 12.1 Å².